The van der Waals surface area contributed by atoms with Gasteiger partial charge in [0.15, 0.2) is 0 Å². The maximum atomic E-state index is 5.83. The van der Waals surface area contributed by atoms with Crippen molar-refractivity contribution in [3.63, 3.8) is 0 Å². The summed E-state index contributed by atoms with van der Waals surface area (Å²) >= 11 is 5.83. The zero-order chi connectivity index (χ0) is 12.3. The Balaban J connectivity index is 2.48. The molecule has 0 aliphatic carbocycles. The fourth-order valence-corrected chi connectivity index (χ4v) is 1.95. The summed E-state index contributed by atoms with van der Waals surface area (Å²) in [6.07, 6.45) is 0.840. The van der Waals surface area contributed by atoms with E-state index in [9.17, 15) is 0 Å². The number of hydrogen-bond acceptors (Lipinski definition) is 3. The fraction of sp³-hybridized carbons (Fsp3) is 0.333. The number of ether oxygens (including phenoxy) is 1. The number of halogens is 1. The second-order valence-corrected chi connectivity index (χ2v) is 3.85. The van der Waals surface area contributed by atoms with E-state index in [1.807, 2.05) is 24.3 Å². The highest BCUT2D eigenvalue weighted by Crippen LogP contribution is 2.19. The molecule has 0 unspecified atom stereocenters. The lowest BCUT2D eigenvalue weighted by Crippen LogP contribution is -2.02. The summed E-state index contributed by atoms with van der Waals surface area (Å²) in [5.74, 6) is 1.18. The Hall–Kier alpha value is -1.55. The Morgan fingerprint density at radius 1 is 1.41 bits per heavy atom. The molecule has 0 fully saturated rings. The molecule has 0 amide bonds. The molecule has 4 nitrogen and oxygen atoms in total. The molecule has 0 N–H and O–H groups in total. The van der Waals surface area contributed by atoms with Crippen LogP contribution in [0.5, 0.6) is 5.75 Å². The van der Waals surface area contributed by atoms with Gasteiger partial charge in [0.2, 0.25) is 0 Å². The molecule has 2 aromatic rings. The molecule has 90 valence electrons. The quantitative estimate of drug-likeness (QED) is 0.784. The van der Waals surface area contributed by atoms with Crippen molar-refractivity contribution in [1.29, 1.82) is 0 Å². The van der Waals surface area contributed by atoms with E-state index in [1.54, 1.807) is 11.8 Å². The average Bonchev–Trinajstić information content (AvgIpc) is 2.81. The Labute approximate surface area is 105 Å². The van der Waals surface area contributed by atoms with E-state index < -0.39 is 0 Å². The SMILES string of the molecule is CCc1c(CCl)nnn1-c1cccc(OC)c1. The van der Waals surface area contributed by atoms with Crippen molar-refractivity contribution in [1.82, 2.24) is 15.0 Å². The molecule has 0 spiro atoms. The number of alkyl halides is 1. The molecule has 0 aliphatic heterocycles. The van der Waals surface area contributed by atoms with E-state index in [2.05, 4.69) is 17.2 Å². The summed E-state index contributed by atoms with van der Waals surface area (Å²) in [4.78, 5) is 0. The summed E-state index contributed by atoms with van der Waals surface area (Å²) in [6.45, 7) is 2.06. The molecule has 17 heavy (non-hydrogen) atoms. The molecule has 0 saturated carbocycles. The number of benzene rings is 1. The topological polar surface area (TPSA) is 39.9 Å². The van der Waals surface area contributed by atoms with Gasteiger partial charge in [-0.3, -0.25) is 0 Å². The molecule has 0 bridgehead atoms. The van der Waals surface area contributed by atoms with Crippen molar-refractivity contribution in [3.8, 4) is 11.4 Å². The second-order valence-electron chi connectivity index (χ2n) is 3.58. The van der Waals surface area contributed by atoms with Gasteiger partial charge in [0.1, 0.15) is 11.4 Å². The van der Waals surface area contributed by atoms with Crippen LogP contribution in [0.15, 0.2) is 24.3 Å². The largest absolute Gasteiger partial charge is 0.497 e. The first-order chi connectivity index (χ1) is 8.30. The zero-order valence-electron chi connectivity index (χ0n) is 9.85. The van der Waals surface area contributed by atoms with Crippen LogP contribution in [-0.4, -0.2) is 22.1 Å². The van der Waals surface area contributed by atoms with Crippen molar-refractivity contribution in [2.24, 2.45) is 0 Å². The minimum Gasteiger partial charge on any atom is -0.497 e. The second kappa shape index (κ2) is 5.19. The van der Waals surface area contributed by atoms with Crippen molar-refractivity contribution in [3.05, 3.63) is 35.7 Å². The molecule has 0 saturated heterocycles. The van der Waals surface area contributed by atoms with Gasteiger partial charge in [-0.2, -0.15) is 0 Å². The maximum Gasteiger partial charge on any atom is 0.121 e. The Bertz CT molecular complexity index is 510. The Morgan fingerprint density at radius 3 is 2.88 bits per heavy atom. The lowest BCUT2D eigenvalue weighted by Gasteiger charge is -2.07. The van der Waals surface area contributed by atoms with Crippen LogP contribution in [0.4, 0.5) is 0 Å². The highest BCUT2D eigenvalue weighted by atomic mass is 35.5. The third kappa shape index (κ3) is 2.26. The summed E-state index contributed by atoms with van der Waals surface area (Å²) in [7, 11) is 1.64. The van der Waals surface area contributed by atoms with E-state index in [4.69, 9.17) is 16.3 Å². The van der Waals surface area contributed by atoms with Crippen LogP contribution in [0, 0.1) is 0 Å². The number of methoxy groups -OCH3 is 1. The fourth-order valence-electron chi connectivity index (χ4n) is 1.74. The van der Waals surface area contributed by atoms with E-state index in [0.29, 0.717) is 5.88 Å². The first kappa shape index (κ1) is 11.9. The van der Waals surface area contributed by atoms with E-state index in [-0.39, 0.29) is 0 Å². The van der Waals surface area contributed by atoms with Gasteiger partial charge in [0.25, 0.3) is 0 Å². The highest BCUT2D eigenvalue weighted by molar-refractivity contribution is 6.16. The van der Waals surface area contributed by atoms with E-state index in [1.165, 1.54) is 0 Å². The average molecular weight is 252 g/mol. The summed E-state index contributed by atoms with van der Waals surface area (Å²) in [6, 6.07) is 7.71. The molecule has 5 heteroatoms. The first-order valence-corrected chi connectivity index (χ1v) is 5.97. The monoisotopic (exact) mass is 251 g/mol. The van der Waals surface area contributed by atoms with Gasteiger partial charge in [-0.15, -0.1) is 16.7 Å². The summed E-state index contributed by atoms with van der Waals surface area (Å²) in [5, 5.41) is 8.21. The maximum absolute atomic E-state index is 5.83. The van der Waals surface area contributed by atoms with Crippen LogP contribution in [0.25, 0.3) is 5.69 Å². The third-order valence-electron chi connectivity index (χ3n) is 2.60. The molecule has 0 aliphatic rings. The van der Waals surface area contributed by atoms with Gasteiger partial charge in [0.05, 0.1) is 24.4 Å². The lowest BCUT2D eigenvalue weighted by atomic mass is 10.2. The van der Waals surface area contributed by atoms with Crippen LogP contribution in [0.3, 0.4) is 0 Å². The van der Waals surface area contributed by atoms with Gasteiger partial charge < -0.3 is 4.74 Å². The highest BCUT2D eigenvalue weighted by Gasteiger charge is 2.11. The smallest absolute Gasteiger partial charge is 0.121 e. The van der Waals surface area contributed by atoms with Crippen LogP contribution in [0.1, 0.15) is 18.3 Å². The van der Waals surface area contributed by atoms with Crippen molar-refractivity contribution >= 4 is 11.6 Å². The number of nitrogens with zero attached hydrogens (tertiary/aromatic N) is 3. The van der Waals surface area contributed by atoms with Crippen LogP contribution in [0.2, 0.25) is 0 Å². The minimum atomic E-state index is 0.382. The molecular weight excluding hydrogens is 238 g/mol. The van der Waals surface area contributed by atoms with Crippen LogP contribution < -0.4 is 4.74 Å². The molecule has 1 aromatic heterocycles. The molecule has 1 aromatic carbocycles. The van der Waals surface area contributed by atoms with Gasteiger partial charge in [-0.25, -0.2) is 4.68 Å². The number of hydrogen-bond donors (Lipinski definition) is 0. The molecule has 0 atom stereocenters. The van der Waals surface area contributed by atoms with E-state index >= 15 is 0 Å². The number of aromatic nitrogens is 3. The van der Waals surface area contributed by atoms with Gasteiger partial charge in [0, 0.05) is 6.07 Å². The van der Waals surface area contributed by atoms with Crippen molar-refractivity contribution in [2.45, 2.75) is 19.2 Å². The molecule has 1 heterocycles. The normalized spacial score (nSPS) is 10.5. The van der Waals surface area contributed by atoms with Crippen LogP contribution >= 0.6 is 11.6 Å². The minimum absolute atomic E-state index is 0.382. The summed E-state index contributed by atoms with van der Waals surface area (Å²) in [5.41, 5.74) is 2.80. The Morgan fingerprint density at radius 2 is 2.24 bits per heavy atom. The molecule has 2 rings (SSSR count). The van der Waals surface area contributed by atoms with E-state index in [0.717, 1.165) is 29.2 Å². The lowest BCUT2D eigenvalue weighted by molar-refractivity contribution is 0.414. The predicted octanol–water partition coefficient (Wildman–Crippen LogP) is 2.58. The Kier molecular flexibility index (Phi) is 3.64. The summed E-state index contributed by atoms with van der Waals surface area (Å²) < 4.78 is 7.00. The van der Waals surface area contributed by atoms with Gasteiger partial charge >= 0.3 is 0 Å². The van der Waals surface area contributed by atoms with Crippen molar-refractivity contribution in [2.75, 3.05) is 7.11 Å². The van der Waals surface area contributed by atoms with Gasteiger partial charge in [-0.05, 0) is 18.6 Å². The van der Waals surface area contributed by atoms with Gasteiger partial charge in [-0.1, -0.05) is 18.2 Å². The van der Waals surface area contributed by atoms with Crippen LogP contribution in [-0.2, 0) is 12.3 Å². The van der Waals surface area contributed by atoms with Crippen molar-refractivity contribution < 1.29 is 4.74 Å². The zero-order valence-corrected chi connectivity index (χ0v) is 10.6. The first-order valence-electron chi connectivity index (χ1n) is 5.44. The predicted molar refractivity (Wildman–Crippen MR) is 66.8 cm³/mol. The third-order valence-corrected chi connectivity index (χ3v) is 2.86. The standard InChI is InChI=1S/C12H14ClN3O/c1-3-12-11(8-13)14-15-16(12)9-5-4-6-10(7-9)17-2/h4-7H,3,8H2,1-2H3. The number of rotatable bonds is 4. The molecule has 0 radical (unpaired) electrons. The molecular formula is C12H14ClN3O.